The van der Waals surface area contributed by atoms with Crippen molar-refractivity contribution >= 4 is 5.84 Å². The van der Waals surface area contributed by atoms with Crippen LogP contribution in [0.2, 0.25) is 0 Å². The van der Waals surface area contributed by atoms with Crippen molar-refractivity contribution < 1.29 is 9.84 Å². The highest BCUT2D eigenvalue weighted by atomic mass is 16.5. The number of fused-ring (bicyclic) bond motifs is 1. The van der Waals surface area contributed by atoms with Crippen LogP contribution in [0.3, 0.4) is 0 Å². The van der Waals surface area contributed by atoms with Gasteiger partial charge in [-0.3, -0.25) is 10.3 Å². The lowest BCUT2D eigenvalue weighted by Crippen LogP contribution is -2.48. The number of nitriles is 1. The molecule has 5 heteroatoms. The second-order valence-electron chi connectivity index (χ2n) is 5.59. The molecular weight excluding hydrogens is 254 g/mol. The van der Waals surface area contributed by atoms with Gasteiger partial charge in [-0.1, -0.05) is 17.7 Å². The monoisotopic (exact) mass is 273 g/mol. The molecule has 1 heterocycles. The Labute approximate surface area is 118 Å². The van der Waals surface area contributed by atoms with Crippen molar-refractivity contribution in [2.45, 2.75) is 45.4 Å². The van der Waals surface area contributed by atoms with Crippen LogP contribution in [0.5, 0.6) is 5.75 Å². The van der Waals surface area contributed by atoms with E-state index < -0.39 is 17.7 Å². The van der Waals surface area contributed by atoms with Crippen molar-refractivity contribution in [2.24, 2.45) is 4.99 Å². The maximum Gasteiger partial charge on any atom is 0.182 e. The summed E-state index contributed by atoms with van der Waals surface area (Å²) in [6, 6.07) is 5.37. The quantitative estimate of drug-likeness (QED) is 0.355. The Morgan fingerprint density at radius 3 is 2.85 bits per heavy atom. The number of amidine groups is 1. The van der Waals surface area contributed by atoms with E-state index in [1.165, 1.54) is 0 Å². The molecule has 0 aromatic heterocycles. The highest BCUT2D eigenvalue weighted by Crippen LogP contribution is 2.42. The minimum atomic E-state index is -0.785. The molecule has 2 rings (SSSR count). The molecule has 20 heavy (non-hydrogen) atoms. The summed E-state index contributed by atoms with van der Waals surface area (Å²) in [5.74, 6) is 1.20. The lowest BCUT2D eigenvalue weighted by Gasteiger charge is -2.40. The van der Waals surface area contributed by atoms with Crippen LogP contribution in [-0.2, 0) is 0 Å². The van der Waals surface area contributed by atoms with Crippen LogP contribution >= 0.6 is 0 Å². The Morgan fingerprint density at radius 1 is 1.50 bits per heavy atom. The van der Waals surface area contributed by atoms with Gasteiger partial charge >= 0.3 is 0 Å². The van der Waals surface area contributed by atoms with Gasteiger partial charge in [0, 0.05) is 5.56 Å². The summed E-state index contributed by atoms with van der Waals surface area (Å²) in [7, 11) is 0. The van der Waals surface area contributed by atoms with Crippen molar-refractivity contribution in [3.05, 3.63) is 29.3 Å². The van der Waals surface area contributed by atoms with E-state index in [2.05, 4.69) is 10.3 Å². The summed E-state index contributed by atoms with van der Waals surface area (Å²) in [6.45, 7) is 7.34. The number of ether oxygens (including phenoxy) is 1. The van der Waals surface area contributed by atoms with E-state index in [0.717, 1.165) is 16.9 Å². The summed E-state index contributed by atoms with van der Waals surface area (Å²) in [6.07, 6.45) is 1.05. The molecule has 0 saturated heterocycles. The minimum absolute atomic E-state index is 0.450. The van der Waals surface area contributed by atoms with Gasteiger partial charge in [0.15, 0.2) is 6.19 Å². The summed E-state index contributed by atoms with van der Waals surface area (Å²) in [5, 5.41) is 21.6. The molecule has 0 aliphatic carbocycles. The number of hydrogen-bond donors (Lipinski definition) is 2. The molecule has 1 aliphatic heterocycles. The first-order valence-electron chi connectivity index (χ1n) is 6.52. The van der Waals surface area contributed by atoms with Crippen LogP contribution in [0, 0.1) is 18.4 Å². The molecule has 0 amide bonds. The van der Waals surface area contributed by atoms with Crippen LogP contribution in [-0.4, -0.2) is 22.6 Å². The maximum atomic E-state index is 10.5. The van der Waals surface area contributed by atoms with Gasteiger partial charge in [-0.15, -0.1) is 0 Å². The van der Waals surface area contributed by atoms with Gasteiger partial charge in [0.05, 0.1) is 0 Å². The number of benzene rings is 1. The summed E-state index contributed by atoms with van der Waals surface area (Å²) in [4.78, 5) is 4.44. The van der Waals surface area contributed by atoms with E-state index in [1.807, 2.05) is 45.2 Å². The van der Waals surface area contributed by atoms with E-state index in [-0.39, 0.29) is 0 Å². The molecule has 0 fully saturated rings. The smallest absolute Gasteiger partial charge is 0.182 e. The van der Waals surface area contributed by atoms with Gasteiger partial charge < -0.3 is 9.84 Å². The Balaban J connectivity index is 2.51. The molecule has 0 bridgehead atoms. The Kier molecular flexibility index (Phi) is 3.69. The normalized spacial score (nSPS) is 24.3. The molecule has 2 atom stereocenters. The molecule has 0 spiro atoms. The molecule has 1 aromatic carbocycles. The second kappa shape index (κ2) is 5.14. The van der Waals surface area contributed by atoms with Crippen molar-refractivity contribution in [1.29, 1.82) is 5.26 Å². The molecule has 0 saturated carbocycles. The van der Waals surface area contributed by atoms with E-state index in [9.17, 15) is 5.11 Å². The summed E-state index contributed by atoms with van der Waals surface area (Å²) >= 11 is 0. The minimum Gasteiger partial charge on any atom is -0.485 e. The standard InChI is InChI=1S/C15H19N3O2/c1-9-5-6-12-11(7-9)13(18-10(2)17-8-16)14(19)15(3,4)20-12/h5-7,13-14,19H,1-4H3,(H,17,18). The number of aliphatic imine (C=N–C) groups is 1. The van der Waals surface area contributed by atoms with Crippen LogP contribution < -0.4 is 10.1 Å². The zero-order chi connectivity index (χ0) is 14.9. The predicted octanol–water partition coefficient (Wildman–Crippen LogP) is 2.06. The highest BCUT2D eigenvalue weighted by Gasteiger charge is 2.42. The van der Waals surface area contributed by atoms with Crippen LogP contribution in [0.1, 0.15) is 37.9 Å². The van der Waals surface area contributed by atoms with Gasteiger partial charge in [-0.25, -0.2) is 0 Å². The van der Waals surface area contributed by atoms with Gasteiger partial charge in [0.2, 0.25) is 0 Å². The fraction of sp³-hybridized carbons (Fsp3) is 0.467. The number of rotatable bonds is 1. The van der Waals surface area contributed by atoms with Crippen molar-refractivity contribution in [3.63, 3.8) is 0 Å². The number of aryl methyl sites for hydroxylation is 1. The fourth-order valence-corrected chi connectivity index (χ4v) is 2.35. The van der Waals surface area contributed by atoms with Crippen LogP contribution in [0.25, 0.3) is 0 Å². The third-order valence-electron chi connectivity index (χ3n) is 3.44. The Hall–Kier alpha value is -2.06. The van der Waals surface area contributed by atoms with Crippen molar-refractivity contribution in [2.75, 3.05) is 0 Å². The lowest BCUT2D eigenvalue weighted by molar-refractivity contribution is -0.0567. The zero-order valence-electron chi connectivity index (χ0n) is 12.1. The maximum absolute atomic E-state index is 10.5. The van der Waals surface area contributed by atoms with E-state index in [4.69, 9.17) is 10.00 Å². The topological polar surface area (TPSA) is 77.6 Å². The van der Waals surface area contributed by atoms with Gasteiger partial charge in [0.1, 0.15) is 29.3 Å². The number of aliphatic hydroxyl groups excluding tert-OH is 1. The molecule has 2 unspecified atom stereocenters. The lowest BCUT2D eigenvalue weighted by atomic mass is 9.86. The van der Waals surface area contributed by atoms with Crippen molar-refractivity contribution in [3.8, 4) is 11.9 Å². The summed E-state index contributed by atoms with van der Waals surface area (Å²) in [5.41, 5.74) is 1.19. The van der Waals surface area contributed by atoms with E-state index >= 15 is 0 Å². The molecule has 0 radical (unpaired) electrons. The predicted molar refractivity (Wildman–Crippen MR) is 76.5 cm³/mol. The van der Waals surface area contributed by atoms with Crippen molar-refractivity contribution in [1.82, 2.24) is 5.32 Å². The molecule has 106 valence electrons. The van der Waals surface area contributed by atoms with Crippen LogP contribution in [0.15, 0.2) is 23.2 Å². The fourth-order valence-electron chi connectivity index (χ4n) is 2.35. The van der Waals surface area contributed by atoms with E-state index in [1.54, 1.807) is 6.92 Å². The summed E-state index contributed by atoms with van der Waals surface area (Å²) < 4.78 is 5.85. The number of aliphatic hydroxyl groups is 1. The third kappa shape index (κ3) is 2.61. The molecular formula is C15H19N3O2. The first kappa shape index (κ1) is 14.4. The molecule has 1 aliphatic rings. The Bertz CT molecular complexity index is 587. The van der Waals surface area contributed by atoms with E-state index in [0.29, 0.717) is 5.84 Å². The first-order valence-corrected chi connectivity index (χ1v) is 6.52. The van der Waals surface area contributed by atoms with Gasteiger partial charge in [-0.2, -0.15) is 5.26 Å². The third-order valence-corrected chi connectivity index (χ3v) is 3.44. The largest absolute Gasteiger partial charge is 0.485 e. The average molecular weight is 273 g/mol. The molecule has 5 nitrogen and oxygen atoms in total. The van der Waals surface area contributed by atoms with Gasteiger partial charge in [0.25, 0.3) is 0 Å². The molecule has 1 aromatic rings. The number of hydrogen-bond acceptors (Lipinski definition) is 4. The SMILES string of the molecule is CC(=NC1c2cc(C)ccc2OC(C)(C)C1O)NC#N. The highest BCUT2D eigenvalue weighted by molar-refractivity contribution is 5.81. The number of nitrogens with one attached hydrogen (secondary N) is 1. The second-order valence-corrected chi connectivity index (χ2v) is 5.59. The van der Waals surface area contributed by atoms with Gasteiger partial charge in [-0.05, 0) is 33.8 Å². The number of nitrogens with zero attached hydrogens (tertiary/aromatic N) is 2. The first-order chi connectivity index (χ1) is 9.35. The Morgan fingerprint density at radius 2 is 2.20 bits per heavy atom. The van der Waals surface area contributed by atoms with Crippen LogP contribution in [0.4, 0.5) is 0 Å². The zero-order valence-corrected chi connectivity index (χ0v) is 12.1. The molecule has 2 N–H and O–H groups in total. The average Bonchev–Trinajstić information content (AvgIpc) is 2.36.